The Hall–Kier alpha value is -1.75. The molecule has 0 radical (unpaired) electrons. The second kappa shape index (κ2) is 9.81. The van der Waals surface area contributed by atoms with Gasteiger partial charge in [0.1, 0.15) is 5.75 Å². The Morgan fingerprint density at radius 1 is 1.27 bits per heavy atom. The highest BCUT2D eigenvalue weighted by molar-refractivity contribution is 5.74. The SMILES string of the molecule is CC(C)(C)c1ccc(OCCCNC(=O)N2CCCCC2CCO)cc1. The number of likely N-dealkylation sites (tertiary alicyclic amines) is 1. The molecule has 26 heavy (non-hydrogen) atoms. The van der Waals surface area contributed by atoms with Crippen molar-refractivity contribution in [3.8, 4) is 5.75 Å². The molecule has 1 unspecified atom stereocenters. The number of piperidine rings is 1. The standard InChI is InChI=1S/C21H34N2O3/c1-21(2,3)17-8-10-19(11-9-17)26-16-6-13-22-20(25)23-14-5-4-7-18(23)12-15-24/h8-11,18,24H,4-7,12-16H2,1-3H3,(H,22,25). The third-order valence-electron chi connectivity index (χ3n) is 4.94. The van der Waals surface area contributed by atoms with Crippen molar-refractivity contribution in [1.82, 2.24) is 10.2 Å². The number of aliphatic hydroxyl groups is 1. The first-order chi connectivity index (χ1) is 12.4. The summed E-state index contributed by atoms with van der Waals surface area (Å²) in [7, 11) is 0. The van der Waals surface area contributed by atoms with Gasteiger partial charge in [-0.15, -0.1) is 0 Å². The first-order valence-electron chi connectivity index (χ1n) is 9.80. The summed E-state index contributed by atoms with van der Waals surface area (Å²) < 4.78 is 5.76. The predicted molar refractivity (Wildman–Crippen MR) is 105 cm³/mol. The number of carbonyl (C=O) groups is 1. The maximum atomic E-state index is 12.3. The zero-order valence-electron chi connectivity index (χ0n) is 16.5. The van der Waals surface area contributed by atoms with Crippen LogP contribution in [0.2, 0.25) is 0 Å². The van der Waals surface area contributed by atoms with Crippen LogP contribution in [0.1, 0.15) is 58.4 Å². The van der Waals surface area contributed by atoms with Crippen LogP contribution in [-0.4, -0.2) is 48.4 Å². The number of urea groups is 1. The number of aliphatic hydroxyl groups excluding tert-OH is 1. The molecule has 0 spiro atoms. The fourth-order valence-corrected chi connectivity index (χ4v) is 3.33. The van der Waals surface area contributed by atoms with Gasteiger partial charge in [-0.1, -0.05) is 32.9 Å². The highest BCUT2D eigenvalue weighted by atomic mass is 16.5. The molecule has 1 saturated heterocycles. The molecule has 2 rings (SSSR count). The number of benzene rings is 1. The van der Waals surface area contributed by atoms with E-state index < -0.39 is 0 Å². The molecule has 5 nitrogen and oxygen atoms in total. The molecule has 1 aromatic carbocycles. The van der Waals surface area contributed by atoms with E-state index in [4.69, 9.17) is 9.84 Å². The third-order valence-corrected chi connectivity index (χ3v) is 4.94. The van der Waals surface area contributed by atoms with Crippen molar-refractivity contribution in [3.05, 3.63) is 29.8 Å². The molecule has 1 aliphatic rings. The van der Waals surface area contributed by atoms with Crippen molar-refractivity contribution in [3.63, 3.8) is 0 Å². The van der Waals surface area contributed by atoms with Crippen molar-refractivity contribution < 1.29 is 14.6 Å². The molecule has 1 aliphatic heterocycles. The molecule has 146 valence electrons. The fraction of sp³-hybridized carbons (Fsp3) is 0.667. The maximum absolute atomic E-state index is 12.3. The van der Waals surface area contributed by atoms with Crippen molar-refractivity contribution in [2.45, 2.75) is 64.3 Å². The van der Waals surface area contributed by atoms with Crippen LogP contribution in [0.5, 0.6) is 5.75 Å². The molecule has 2 N–H and O–H groups in total. The zero-order chi connectivity index (χ0) is 19.0. The number of nitrogens with zero attached hydrogens (tertiary/aromatic N) is 1. The normalized spacial score (nSPS) is 17.8. The Morgan fingerprint density at radius 2 is 2.00 bits per heavy atom. The molecule has 2 amide bonds. The number of rotatable bonds is 7. The zero-order valence-corrected chi connectivity index (χ0v) is 16.5. The molecule has 1 heterocycles. The van der Waals surface area contributed by atoms with Crippen LogP contribution in [-0.2, 0) is 5.41 Å². The van der Waals surface area contributed by atoms with Gasteiger partial charge in [0.2, 0.25) is 0 Å². The molecular weight excluding hydrogens is 328 g/mol. The van der Waals surface area contributed by atoms with Gasteiger partial charge >= 0.3 is 6.03 Å². The van der Waals surface area contributed by atoms with Gasteiger partial charge in [0.05, 0.1) is 6.61 Å². The minimum Gasteiger partial charge on any atom is -0.494 e. The molecule has 0 aliphatic carbocycles. The lowest BCUT2D eigenvalue weighted by Gasteiger charge is -2.35. The average molecular weight is 363 g/mol. The average Bonchev–Trinajstić information content (AvgIpc) is 2.61. The first kappa shape index (κ1) is 20.6. The van der Waals surface area contributed by atoms with Crippen LogP contribution >= 0.6 is 0 Å². The molecule has 5 heteroatoms. The Labute approximate surface area is 157 Å². The predicted octanol–water partition coefficient (Wildman–Crippen LogP) is 3.70. The Kier molecular flexibility index (Phi) is 7.76. The Bertz CT molecular complexity index is 549. The summed E-state index contributed by atoms with van der Waals surface area (Å²) in [5.41, 5.74) is 1.43. The summed E-state index contributed by atoms with van der Waals surface area (Å²) in [6, 6.07) is 8.38. The first-order valence-corrected chi connectivity index (χ1v) is 9.80. The second-order valence-electron chi connectivity index (χ2n) is 8.06. The summed E-state index contributed by atoms with van der Waals surface area (Å²) in [5.74, 6) is 0.864. The van der Waals surface area contributed by atoms with Crippen LogP contribution in [0.3, 0.4) is 0 Å². The van der Waals surface area contributed by atoms with Crippen LogP contribution in [0, 0.1) is 0 Å². The fourth-order valence-electron chi connectivity index (χ4n) is 3.33. The molecule has 1 fully saturated rings. The maximum Gasteiger partial charge on any atom is 0.317 e. The van der Waals surface area contributed by atoms with Gasteiger partial charge in [-0.25, -0.2) is 4.79 Å². The quantitative estimate of drug-likeness (QED) is 0.727. The highest BCUT2D eigenvalue weighted by Crippen LogP contribution is 2.24. The van der Waals surface area contributed by atoms with Gasteiger partial charge in [-0.3, -0.25) is 0 Å². The minimum absolute atomic E-state index is 0.0160. The second-order valence-corrected chi connectivity index (χ2v) is 8.06. The largest absolute Gasteiger partial charge is 0.494 e. The highest BCUT2D eigenvalue weighted by Gasteiger charge is 2.25. The van der Waals surface area contributed by atoms with E-state index in [1.807, 2.05) is 17.0 Å². The van der Waals surface area contributed by atoms with Gasteiger partial charge in [0, 0.05) is 25.7 Å². The van der Waals surface area contributed by atoms with Crippen molar-refractivity contribution in [2.24, 2.45) is 0 Å². The monoisotopic (exact) mass is 362 g/mol. The van der Waals surface area contributed by atoms with Crippen molar-refractivity contribution in [1.29, 1.82) is 0 Å². The Balaban J connectivity index is 1.67. The molecular formula is C21H34N2O3. The minimum atomic E-state index is -0.0160. The summed E-state index contributed by atoms with van der Waals surface area (Å²) >= 11 is 0. The van der Waals surface area contributed by atoms with Gasteiger partial charge in [0.25, 0.3) is 0 Å². The number of ether oxygens (including phenoxy) is 1. The summed E-state index contributed by atoms with van der Waals surface area (Å²) in [5, 5.41) is 12.1. The van der Waals surface area contributed by atoms with E-state index in [0.717, 1.165) is 38.0 Å². The molecule has 1 atom stereocenters. The number of hydrogen-bond donors (Lipinski definition) is 2. The number of hydrogen-bond acceptors (Lipinski definition) is 3. The van der Waals surface area contributed by atoms with Gasteiger partial charge in [-0.2, -0.15) is 0 Å². The third kappa shape index (κ3) is 6.20. The lowest BCUT2D eigenvalue weighted by molar-refractivity contribution is 0.131. The van der Waals surface area contributed by atoms with Crippen LogP contribution in [0.4, 0.5) is 4.79 Å². The van der Waals surface area contributed by atoms with E-state index in [1.54, 1.807) is 0 Å². The van der Waals surface area contributed by atoms with Gasteiger partial charge in [0.15, 0.2) is 0 Å². The molecule has 0 bridgehead atoms. The van der Waals surface area contributed by atoms with E-state index in [-0.39, 0.29) is 24.1 Å². The lowest BCUT2D eigenvalue weighted by atomic mass is 9.87. The number of nitrogens with one attached hydrogen (secondary N) is 1. The van der Waals surface area contributed by atoms with Crippen LogP contribution in [0.25, 0.3) is 0 Å². The van der Waals surface area contributed by atoms with E-state index >= 15 is 0 Å². The van der Waals surface area contributed by atoms with E-state index in [1.165, 1.54) is 5.56 Å². The molecule has 0 aromatic heterocycles. The number of amides is 2. The van der Waals surface area contributed by atoms with E-state index in [9.17, 15) is 4.79 Å². The lowest BCUT2D eigenvalue weighted by Crippen LogP contribution is -2.49. The number of carbonyl (C=O) groups excluding carboxylic acids is 1. The van der Waals surface area contributed by atoms with Crippen molar-refractivity contribution >= 4 is 6.03 Å². The van der Waals surface area contributed by atoms with E-state index in [2.05, 4.69) is 38.2 Å². The topological polar surface area (TPSA) is 61.8 Å². The summed E-state index contributed by atoms with van der Waals surface area (Å²) in [6.07, 6.45) is 4.60. The van der Waals surface area contributed by atoms with Gasteiger partial charge < -0.3 is 20.1 Å². The van der Waals surface area contributed by atoms with Crippen molar-refractivity contribution in [2.75, 3.05) is 26.3 Å². The summed E-state index contributed by atoms with van der Waals surface area (Å²) in [4.78, 5) is 14.2. The molecule has 1 aromatic rings. The van der Waals surface area contributed by atoms with Crippen LogP contribution < -0.4 is 10.1 Å². The van der Waals surface area contributed by atoms with Crippen LogP contribution in [0.15, 0.2) is 24.3 Å². The summed E-state index contributed by atoms with van der Waals surface area (Å²) in [6.45, 7) is 8.68. The van der Waals surface area contributed by atoms with Gasteiger partial charge in [-0.05, 0) is 55.2 Å². The Morgan fingerprint density at radius 3 is 2.65 bits per heavy atom. The smallest absolute Gasteiger partial charge is 0.317 e. The molecule has 0 saturated carbocycles. The van der Waals surface area contributed by atoms with E-state index in [0.29, 0.717) is 19.6 Å².